The number of amides is 2. The summed E-state index contributed by atoms with van der Waals surface area (Å²) in [6.45, 7) is 1.24. The molecule has 1 fully saturated rings. The number of likely N-dealkylation sites (tertiary alicyclic amines) is 1. The molecule has 2 aromatic carbocycles. The number of nitrogens with one attached hydrogen (secondary N) is 1. The fraction of sp³-hybridized carbons (Fsp3) is 0.391. The first-order valence-electron chi connectivity index (χ1n) is 10.3. The Labute approximate surface area is 184 Å². The number of rotatable bonds is 6. The molecule has 3 N–H and O–H groups in total. The number of ether oxygens (including phenoxy) is 1. The fourth-order valence-electron chi connectivity index (χ4n) is 4.04. The maximum atomic E-state index is 12.9. The first-order valence-corrected chi connectivity index (χ1v) is 10.3. The molecule has 3 rings (SSSR count). The summed E-state index contributed by atoms with van der Waals surface area (Å²) in [5.41, 5.74) is 6.29. The zero-order valence-corrected chi connectivity index (χ0v) is 17.7. The molecule has 0 aromatic heterocycles. The molecule has 0 spiro atoms. The van der Waals surface area contributed by atoms with E-state index >= 15 is 0 Å². The van der Waals surface area contributed by atoms with Crippen LogP contribution in [-0.4, -0.2) is 37.1 Å². The molecule has 1 aliphatic heterocycles. The van der Waals surface area contributed by atoms with Crippen LogP contribution in [0.15, 0.2) is 48.5 Å². The number of benzene rings is 2. The minimum absolute atomic E-state index is 0.0338. The molecule has 6 nitrogen and oxygen atoms in total. The summed E-state index contributed by atoms with van der Waals surface area (Å²) in [6, 6.07) is 11.0. The smallest absolute Gasteiger partial charge is 0.416 e. The van der Waals surface area contributed by atoms with Gasteiger partial charge in [-0.3, -0.25) is 4.90 Å². The van der Waals surface area contributed by atoms with Gasteiger partial charge in [0.1, 0.15) is 0 Å². The lowest BCUT2D eigenvalue weighted by atomic mass is 9.85. The van der Waals surface area contributed by atoms with Crippen LogP contribution in [0.4, 0.5) is 18.0 Å². The van der Waals surface area contributed by atoms with Crippen LogP contribution in [0.5, 0.6) is 0 Å². The van der Waals surface area contributed by atoms with E-state index in [4.69, 9.17) is 10.5 Å². The van der Waals surface area contributed by atoms with Gasteiger partial charge in [-0.15, -0.1) is 0 Å². The monoisotopic (exact) mass is 449 g/mol. The zero-order valence-electron chi connectivity index (χ0n) is 17.7. The van der Waals surface area contributed by atoms with E-state index in [0.29, 0.717) is 5.56 Å². The van der Waals surface area contributed by atoms with Gasteiger partial charge >= 0.3 is 18.2 Å². The standard InChI is InChI=1S/C23H26F3N3O3/c1-29-12-2-3-18(20(29)16-8-10-19(11-9-16)23(24,25)26)14-32-21(30)17-6-4-15(5-7-17)13-28-22(27)31/h4-11,18,20H,2-3,12-14H2,1H3,(H3,27,28,31)/t18-,20-/m1/s1. The highest BCUT2D eigenvalue weighted by molar-refractivity contribution is 5.89. The van der Waals surface area contributed by atoms with Crippen LogP contribution in [0.25, 0.3) is 0 Å². The van der Waals surface area contributed by atoms with Crippen LogP contribution in [0.3, 0.4) is 0 Å². The van der Waals surface area contributed by atoms with Crippen LogP contribution in [0, 0.1) is 5.92 Å². The van der Waals surface area contributed by atoms with Crippen LogP contribution in [-0.2, 0) is 17.5 Å². The van der Waals surface area contributed by atoms with Gasteiger partial charge in [0.25, 0.3) is 0 Å². The minimum Gasteiger partial charge on any atom is -0.462 e. The molecule has 2 aromatic rings. The molecule has 1 heterocycles. The topological polar surface area (TPSA) is 84.7 Å². The molecule has 172 valence electrons. The molecule has 32 heavy (non-hydrogen) atoms. The Morgan fingerprint density at radius 1 is 1.12 bits per heavy atom. The number of nitrogens with zero attached hydrogens (tertiary/aromatic N) is 1. The van der Waals surface area contributed by atoms with Crippen LogP contribution in [0.2, 0.25) is 0 Å². The molecule has 1 aliphatic rings. The Morgan fingerprint density at radius 3 is 2.38 bits per heavy atom. The van der Waals surface area contributed by atoms with Gasteiger partial charge in [-0.25, -0.2) is 9.59 Å². The van der Waals surface area contributed by atoms with Gasteiger partial charge in [-0.05, 0) is 61.8 Å². The Balaban J connectivity index is 1.64. The molecule has 0 bridgehead atoms. The summed E-state index contributed by atoms with van der Waals surface area (Å²) in [4.78, 5) is 25.4. The predicted octanol–water partition coefficient (Wildman–Crippen LogP) is 4.11. The van der Waals surface area contributed by atoms with Gasteiger partial charge in [-0.1, -0.05) is 24.3 Å². The van der Waals surface area contributed by atoms with Crippen molar-refractivity contribution in [2.75, 3.05) is 20.2 Å². The number of hydrogen-bond donors (Lipinski definition) is 2. The van der Waals surface area contributed by atoms with E-state index in [1.807, 2.05) is 7.05 Å². The van der Waals surface area contributed by atoms with Gasteiger partial charge in [0.2, 0.25) is 0 Å². The summed E-state index contributed by atoms with van der Waals surface area (Å²) >= 11 is 0. The molecule has 0 radical (unpaired) electrons. The second kappa shape index (κ2) is 10.0. The van der Waals surface area contributed by atoms with Crippen molar-refractivity contribution in [1.82, 2.24) is 10.2 Å². The molecule has 2 atom stereocenters. The zero-order chi connectivity index (χ0) is 23.3. The van der Waals surface area contributed by atoms with Crippen molar-refractivity contribution >= 4 is 12.0 Å². The van der Waals surface area contributed by atoms with Gasteiger partial charge in [0, 0.05) is 18.5 Å². The number of carbonyl (C=O) groups is 2. The average molecular weight is 449 g/mol. The summed E-state index contributed by atoms with van der Waals surface area (Å²) < 4.78 is 44.2. The number of alkyl halides is 3. The lowest BCUT2D eigenvalue weighted by Gasteiger charge is -2.39. The number of carbonyl (C=O) groups excluding carboxylic acids is 2. The summed E-state index contributed by atoms with van der Waals surface area (Å²) in [5, 5.41) is 2.47. The van der Waals surface area contributed by atoms with Crippen molar-refractivity contribution < 1.29 is 27.5 Å². The molecular formula is C23H26F3N3O3. The van der Waals surface area contributed by atoms with Gasteiger partial charge in [0.15, 0.2) is 0 Å². The average Bonchev–Trinajstić information content (AvgIpc) is 2.76. The number of hydrogen-bond acceptors (Lipinski definition) is 4. The van der Waals surface area contributed by atoms with Gasteiger partial charge < -0.3 is 15.8 Å². The van der Waals surface area contributed by atoms with E-state index in [1.165, 1.54) is 12.1 Å². The maximum absolute atomic E-state index is 12.9. The van der Waals surface area contributed by atoms with E-state index in [0.717, 1.165) is 42.6 Å². The van der Waals surface area contributed by atoms with E-state index < -0.39 is 23.7 Å². The van der Waals surface area contributed by atoms with E-state index in [-0.39, 0.29) is 25.1 Å². The van der Waals surface area contributed by atoms with Crippen molar-refractivity contribution in [1.29, 1.82) is 0 Å². The highest BCUT2D eigenvalue weighted by Gasteiger charge is 2.34. The molecule has 9 heteroatoms. The third-order valence-electron chi connectivity index (χ3n) is 5.67. The fourth-order valence-corrected chi connectivity index (χ4v) is 4.04. The Morgan fingerprint density at radius 2 is 1.78 bits per heavy atom. The predicted molar refractivity (Wildman–Crippen MR) is 113 cm³/mol. The van der Waals surface area contributed by atoms with Crippen molar-refractivity contribution in [2.24, 2.45) is 11.7 Å². The molecule has 2 amide bonds. The molecule has 0 unspecified atom stereocenters. The second-order valence-electron chi connectivity index (χ2n) is 7.96. The highest BCUT2D eigenvalue weighted by atomic mass is 19.4. The van der Waals surface area contributed by atoms with Gasteiger partial charge in [-0.2, -0.15) is 13.2 Å². The molecule has 0 saturated carbocycles. The SMILES string of the molecule is CN1CCC[C@H](COC(=O)c2ccc(CNC(N)=O)cc2)[C@H]1c1ccc(C(F)(F)F)cc1. The van der Waals surface area contributed by atoms with Crippen molar-refractivity contribution in [3.8, 4) is 0 Å². The number of piperidine rings is 1. The third-order valence-corrected chi connectivity index (χ3v) is 5.67. The Hall–Kier alpha value is -3.07. The summed E-state index contributed by atoms with van der Waals surface area (Å²) in [6.07, 6.45) is -2.66. The highest BCUT2D eigenvalue weighted by Crippen LogP contribution is 2.37. The number of primary amides is 1. The number of esters is 1. The van der Waals surface area contributed by atoms with Gasteiger partial charge in [0.05, 0.1) is 17.7 Å². The second-order valence-corrected chi connectivity index (χ2v) is 7.96. The number of nitrogens with two attached hydrogens (primary N) is 1. The van der Waals surface area contributed by atoms with Crippen LogP contribution >= 0.6 is 0 Å². The Kier molecular flexibility index (Phi) is 7.40. The Bertz CT molecular complexity index is 930. The minimum atomic E-state index is -4.38. The van der Waals surface area contributed by atoms with E-state index in [9.17, 15) is 22.8 Å². The molecule has 0 aliphatic carbocycles. The van der Waals surface area contributed by atoms with Crippen molar-refractivity contribution in [3.63, 3.8) is 0 Å². The largest absolute Gasteiger partial charge is 0.462 e. The normalized spacial score (nSPS) is 19.4. The van der Waals surface area contributed by atoms with Crippen LogP contribution in [0.1, 0.15) is 45.9 Å². The van der Waals surface area contributed by atoms with Crippen molar-refractivity contribution in [3.05, 3.63) is 70.8 Å². The maximum Gasteiger partial charge on any atom is 0.416 e. The first-order chi connectivity index (χ1) is 15.1. The summed E-state index contributed by atoms with van der Waals surface area (Å²) in [5.74, 6) is -0.507. The quantitative estimate of drug-likeness (QED) is 0.650. The molecule has 1 saturated heterocycles. The first kappa shape index (κ1) is 23.6. The van der Waals surface area contributed by atoms with E-state index in [1.54, 1.807) is 24.3 Å². The van der Waals surface area contributed by atoms with Crippen LogP contribution < -0.4 is 11.1 Å². The van der Waals surface area contributed by atoms with E-state index in [2.05, 4.69) is 10.2 Å². The molecular weight excluding hydrogens is 423 g/mol. The third kappa shape index (κ3) is 6.00. The lowest BCUT2D eigenvalue weighted by Crippen LogP contribution is -2.38. The number of halogens is 3. The lowest BCUT2D eigenvalue weighted by molar-refractivity contribution is -0.137. The number of urea groups is 1. The van der Waals surface area contributed by atoms with Crippen molar-refractivity contribution in [2.45, 2.75) is 31.6 Å². The summed E-state index contributed by atoms with van der Waals surface area (Å²) in [7, 11) is 1.93.